The van der Waals surface area contributed by atoms with Gasteiger partial charge in [-0.1, -0.05) is 13.8 Å². The van der Waals surface area contributed by atoms with Crippen LogP contribution in [0.4, 0.5) is 11.4 Å². The molecule has 2 unspecified atom stereocenters. The van der Waals surface area contributed by atoms with Gasteiger partial charge in [-0.3, -0.25) is 4.79 Å². The molecule has 1 aliphatic rings. The van der Waals surface area contributed by atoms with Crippen LogP contribution in [0.25, 0.3) is 0 Å². The van der Waals surface area contributed by atoms with Crippen molar-refractivity contribution in [3.05, 3.63) is 23.8 Å². The van der Waals surface area contributed by atoms with Gasteiger partial charge >= 0.3 is 0 Å². The molecular weight excluding hydrogens is 238 g/mol. The SMILES string of the molecule is CC1CC(C)CC(Nc2ccc(N)c(C(N)=O)c2)C1. The topological polar surface area (TPSA) is 81.1 Å². The first-order valence-electron chi connectivity index (χ1n) is 6.91. The van der Waals surface area contributed by atoms with Crippen LogP contribution < -0.4 is 16.8 Å². The predicted molar refractivity (Wildman–Crippen MR) is 79.0 cm³/mol. The second-order valence-corrected chi connectivity index (χ2v) is 5.92. The Morgan fingerprint density at radius 3 is 2.42 bits per heavy atom. The van der Waals surface area contributed by atoms with Gasteiger partial charge in [-0.25, -0.2) is 0 Å². The largest absolute Gasteiger partial charge is 0.398 e. The first kappa shape index (κ1) is 13.7. The van der Waals surface area contributed by atoms with Gasteiger partial charge < -0.3 is 16.8 Å². The number of primary amides is 1. The van der Waals surface area contributed by atoms with Crippen molar-refractivity contribution < 1.29 is 4.79 Å². The van der Waals surface area contributed by atoms with Gasteiger partial charge in [0.15, 0.2) is 0 Å². The lowest BCUT2D eigenvalue weighted by Crippen LogP contribution is -2.30. The molecule has 5 N–H and O–H groups in total. The van der Waals surface area contributed by atoms with Crippen LogP contribution in [0.3, 0.4) is 0 Å². The molecule has 4 heteroatoms. The van der Waals surface area contributed by atoms with E-state index in [9.17, 15) is 4.79 Å². The van der Waals surface area contributed by atoms with E-state index in [1.54, 1.807) is 12.1 Å². The zero-order valence-corrected chi connectivity index (χ0v) is 11.6. The molecule has 1 fully saturated rings. The van der Waals surface area contributed by atoms with Crippen LogP contribution >= 0.6 is 0 Å². The number of nitrogens with one attached hydrogen (secondary N) is 1. The van der Waals surface area contributed by atoms with E-state index < -0.39 is 5.91 Å². The highest BCUT2D eigenvalue weighted by Gasteiger charge is 2.23. The molecule has 104 valence electrons. The van der Waals surface area contributed by atoms with E-state index in [1.807, 2.05) is 6.07 Å². The number of hydrogen-bond acceptors (Lipinski definition) is 3. The van der Waals surface area contributed by atoms with Crippen LogP contribution in [0.1, 0.15) is 43.5 Å². The zero-order valence-electron chi connectivity index (χ0n) is 11.6. The average molecular weight is 261 g/mol. The van der Waals surface area contributed by atoms with E-state index in [1.165, 1.54) is 19.3 Å². The summed E-state index contributed by atoms with van der Waals surface area (Å²) in [4.78, 5) is 11.3. The smallest absolute Gasteiger partial charge is 0.250 e. The van der Waals surface area contributed by atoms with Gasteiger partial charge in [0.2, 0.25) is 0 Å². The number of hydrogen-bond donors (Lipinski definition) is 3. The summed E-state index contributed by atoms with van der Waals surface area (Å²) in [6.07, 6.45) is 3.63. The molecule has 1 amide bonds. The van der Waals surface area contributed by atoms with E-state index in [0.29, 0.717) is 17.3 Å². The summed E-state index contributed by atoms with van der Waals surface area (Å²) in [5.41, 5.74) is 12.8. The number of carbonyl (C=O) groups excluding carboxylic acids is 1. The molecule has 2 rings (SSSR count). The Balaban J connectivity index is 2.10. The monoisotopic (exact) mass is 261 g/mol. The molecule has 0 aliphatic heterocycles. The van der Waals surface area contributed by atoms with Crippen LogP contribution in [0.5, 0.6) is 0 Å². The van der Waals surface area contributed by atoms with E-state index >= 15 is 0 Å². The van der Waals surface area contributed by atoms with Gasteiger partial charge in [-0.15, -0.1) is 0 Å². The van der Waals surface area contributed by atoms with Gasteiger partial charge in [-0.2, -0.15) is 0 Å². The summed E-state index contributed by atoms with van der Waals surface area (Å²) >= 11 is 0. The minimum atomic E-state index is -0.480. The van der Waals surface area contributed by atoms with Gasteiger partial charge in [0.25, 0.3) is 5.91 Å². The van der Waals surface area contributed by atoms with E-state index in [-0.39, 0.29) is 0 Å². The van der Waals surface area contributed by atoms with Crippen molar-refractivity contribution >= 4 is 17.3 Å². The number of carbonyl (C=O) groups is 1. The Morgan fingerprint density at radius 2 is 1.84 bits per heavy atom. The van der Waals surface area contributed by atoms with Crippen LogP contribution in [0.2, 0.25) is 0 Å². The number of nitrogens with two attached hydrogens (primary N) is 2. The molecule has 1 aromatic rings. The molecule has 1 aliphatic carbocycles. The third-order valence-corrected chi connectivity index (χ3v) is 3.87. The Kier molecular flexibility index (Phi) is 3.98. The van der Waals surface area contributed by atoms with Crippen molar-refractivity contribution in [2.75, 3.05) is 11.1 Å². The maximum Gasteiger partial charge on any atom is 0.250 e. The van der Waals surface area contributed by atoms with Crippen LogP contribution in [0, 0.1) is 11.8 Å². The Labute approximate surface area is 114 Å². The minimum absolute atomic E-state index is 0.391. The minimum Gasteiger partial charge on any atom is -0.398 e. The van der Waals surface area contributed by atoms with Crippen molar-refractivity contribution in [1.29, 1.82) is 0 Å². The molecule has 0 heterocycles. The maximum absolute atomic E-state index is 11.3. The summed E-state index contributed by atoms with van der Waals surface area (Å²) in [6.45, 7) is 4.59. The standard InChI is InChI=1S/C15H23N3O/c1-9-5-10(2)7-12(6-9)18-11-3-4-14(16)13(8-11)15(17)19/h3-4,8-10,12,18H,5-7,16H2,1-2H3,(H2,17,19). The van der Waals surface area contributed by atoms with Crippen LogP contribution in [0.15, 0.2) is 18.2 Å². The molecule has 1 saturated carbocycles. The fraction of sp³-hybridized carbons (Fsp3) is 0.533. The number of rotatable bonds is 3. The highest BCUT2D eigenvalue weighted by molar-refractivity contribution is 5.98. The van der Waals surface area contributed by atoms with E-state index in [0.717, 1.165) is 17.5 Å². The maximum atomic E-state index is 11.3. The molecule has 19 heavy (non-hydrogen) atoms. The zero-order chi connectivity index (χ0) is 14.0. The number of anilines is 2. The highest BCUT2D eigenvalue weighted by Crippen LogP contribution is 2.31. The quantitative estimate of drug-likeness (QED) is 0.731. The highest BCUT2D eigenvalue weighted by atomic mass is 16.1. The fourth-order valence-electron chi connectivity index (χ4n) is 3.16. The summed E-state index contributed by atoms with van der Waals surface area (Å²) < 4.78 is 0. The number of benzene rings is 1. The van der Waals surface area contributed by atoms with Crippen LogP contribution in [-0.2, 0) is 0 Å². The molecule has 0 aromatic heterocycles. The molecule has 0 bridgehead atoms. The molecule has 4 nitrogen and oxygen atoms in total. The third-order valence-electron chi connectivity index (χ3n) is 3.87. The fourth-order valence-corrected chi connectivity index (χ4v) is 3.16. The van der Waals surface area contributed by atoms with Crippen molar-refractivity contribution in [1.82, 2.24) is 0 Å². The molecule has 2 atom stereocenters. The van der Waals surface area contributed by atoms with Gasteiger partial charge in [-0.05, 0) is 49.3 Å². The van der Waals surface area contributed by atoms with Crippen molar-refractivity contribution in [3.8, 4) is 0 Å². The normalized spacial score (nSPS) is 26.9. The third kappa shape index (κ3) is 3.40. The van der Waals surface area contributed by atoms with Gasteiger partial charge in [0, 0.05) is 17.4 Å². The van der Waals surface area contributed by atoms with Gasteiger partial charge in [0.05, 0.1) is 5.56 Å². The summed E-state index contributed by atoms with van der Waals surface area (Å²) in [5.74, 6) is 1.00. The molecule has 0 radical (unpaired) electrons. The van der Waals surface area contributed by atoms with Crippen LogP contribution in [-0.4, -0.2) is 11.9 Å². The molecule has 1 aromatic carbocycles. The Morgan fingerprint density at radius 1 is 1.21 bits per heavy atom. The number of amides is 1. The molecule has 0 saturated heterocycles. The Bertz CT molecular complexity index is 462. The first-order valence-corrected chi connectivity index (χ1v) is 6.91. The molecular formula is C15H23N3O. The second kappa shape index (κ2) is 5.51. The average Bonchev–Trinajstić information content (AvgIpc) is 2.30. The summed E-state index contributed by atoms with van der Waals surface area (Å²) in [5, 5.41) is 3.50. The summed E-state index contributed by atoms with van der Waals surface area (Å²) in [6, 6.07) is 5.86. The molecule has 0 spiro atoms. The van der Waals surface area contributed by atoms with E-state index in [4.69, 9.17) is 11.5 Å². The Hall–Kier alpha value is -1.71. The second-order valence-electron chi connectivity index (χ2n) is 5.92. The summed E-state index contributed by atoms with van der Waals surface area (Å²) in [7, 11) is 0. The lowest BCUT2D eigenvalue weighted by molar-refractivity contribution is 0.100. The predicted octanol–water partition coefficient (Wildman–Crippen LogP) is 2.60. The number of nitrogen functional groups attached to an aromatic ring is 1. The lowest BCUT2D eigenvalue weighted by Gasteiger charge is -2.32. The van der Waals surface area contributed by atoms with E-state index in [2.05, 4.69) is 19.2 Å². The van der Waals surface area contributed by atoms with Gasteiger partial charge in [0.1, 0.15) is 0 Å². The van der Waals surface area contributed by atoms with Crippen molar-refractivity contribution in [2.24, 2.45) is 17.6 Å². The lowest BCUT2D eigenvalue weighted by atomic mass is 9.80. The first-order chi connectivity index (χ1) is 8.95. The van der Waals surface area contributed by atoms with Crippen molar-refractivity contribution in [3.63, 3.8) is 0 Å². The van der Waals surface area contributed by atoms with Crippen molar-refractivity contribution in [2.45, 2.75) is 39.2 Å².